The van der Waals surface area contributed by atoms with Crippen LogP contribution in [0.5, 0.6) is 0 Å². The lowest BCUT2D eigenvalue weighted by Crippen LogP contribution is -2.29. The molecule has 0 unspecified atom stereocenters. The molecule has 1 heterocycles. The lowest BCUT2D eigenvalue weighted by atomic mass is 9.94. The van der Waals surface area contributed by atoms with Crippen molar-refractivity contribution in [3.63, 3.8) is 0 Å². The number of carbonyl (C=O) groups excluding carboxylic acids is 3. The Hall–Kier alpha value is -4.79. The Labute approximate surface area is 200 Å². The summed E-state index contributed by atoms with van der Waals surface area (Å²) in [7, 11) is 0. The van der Waals surface area contributed by atoms with Gasteiger partial charge in [0.1, 0.15) is 11.8 Å². The predicted octanol–water partition coefficient (Wildman–Crippen LogP) is 4.40. The van der Waals surface area contributed by atoms with Crippen molar-refractivity contribution in [2.24, 2.45) is 0 Å². The van der Waals surface area contributed by atoms with Gasteiger partial charge < -0.3 is 9.84 Å². The van der Waals surface area contributed by atoms with Crippen molar-refractivity contribution in [1.29, 1.82) is 0 Å². The Morgan fingerprint density at radius 2 is 1.60 bits per heavy atom. The minimum absolute atomic E-state index is 0.0589. The van der Waals surface area contributed by atoms with E-state index < -0.39 is 34.4 Å². The fourth-order valence-electron chi connectivity index (χ4n) is 4.00. The van der Waals surface area contributed by atoms with E-state index in [1.54, 1.807) is 43.3 Å². The van der Waals surface area contributed by atoms with Crippen LogP contribution in [0.3, 0.4) is 0 Å². The summed E-state index contributed by atoms with van der Waals surface area (Å²) >= 11 is 0. The minimum atomic E-state index is -1.27. The number of ether oxygens (including phenoxy) is 1. The van der Waals surface area contributed by atoms with Crippen molar-refractivity contribution < 1.29 is 29.2 Å². The number of amides is 1. The molecule has 1 N–H and O–H groups in total. The molecule has 9 nitrogen and oxygen atoms in total. The van der Waals surface area contributed by atoms with E-state index >= 15 is 0 Å². The van der Waals surface area contributed by atoms with Crippen LogP contribution in [-0.2, 0) is 14.3 Å². The fourth-order valence-corrected chi connectivity index (χ4v) is 4.00. The van der Waals surface area contributed by atoms with E-state index in [9.17, 15) is 29.6 Å². The number of ketones is 1. The summed E-state index contributed by atoms with van der Waals surface area (Å²) in [6, 6.07) is 18.4. The molecule has 0 spiro atoms. The predicted molar refractivity (Wildman–Crippen MR) is 127 cm³/mol. The highest BCUT2D eigenvalue weighted by atomic mass is 16.6. The molecule has 0 bridgehead atoms. The molecule has 9 heteroatoms. The molecule has 35 heavy (non-hydrogen) atoms. The summed E-state index contributed by atoms with van der Waals surface area (Å²) in [6.45, 7) is 1.86. The quantitative estimate of drug-likeness (QED) is 0.141. The maximum Gasteiger partial charge on any atom is 0.338 e. The number of aliphatic hydroxyl groups is 1. The first-order chi connectivity index (χ1) is 16.8. The molecule has 0 radical (unpaired) electrons. The van der Waals surface area contributed by atoms with Crippen LogP contribution in [0.2, 0.25) is 0 Å². The zero-order chi connectivity index (χ0) is 25.1. The number of carbonyl (C=O) groups is 3. The van der Waals surface area contributed by atoms with E-state index in [0.717, 1.165) is 4.90 Å². The van der Waals surface area contributed by atoms with Gasteiger partial charge in [-0.25, -0.2) is 4.79 Å². The van der Waals surface area contributed by atoms with Crippen LogP contribution in [0, 0.1) is 10.1 Å². The van der Waals surface area contributed by atoms with Crippen LogP contribution >= 0.6 is 0 Å². The van der Waals surface area contributed by atoms with Crippen molar-refractivity contribution in [3.8, 4) is 0 Å². The van der Waals surface area contributed by atoms with E-state index in [0.29, 0.717) is 0 Å². The number of anilines is 1. The zero-order valence-electron chi connectivity index (χ0n) is 18.6. The summed E-state index contributed by atoms with van der Waals surface area (Å²) < 4.78 is 4.97. The molecule has 1 aliphatic rings. The molecule has 1 fully saturated rings. The molecule has 1 amide bonds. The SMILES string of the molecule is CCOC(=O)c1ccc(N2C(=O)C(=O)C(=C(O)c3ccccc3)[C@@H]2c2ccccc2[N+](=O)[O-])cc1. The van der Waals surface area contributed by atoms with Gasteiger partial charge in [0.25, 0.3) is 17.4 Å². The summed E-state index contributed by atoms with van der Waals surface area (Å²) in [5.41, 5.74) is 0.209. The van der Waals surface area contributed by atoms with Crippen molar-refractivity contribution in [2.45, 2.75) is 13.0 Å². The van der Waals surface area contributed by atoms with Crippen molar-refractivity contribution in [1.82, 2.24) is 0 Å². The summed E-state index contributed by atoms with van der Waals surface area (Å²) in [4.78, 5) is 50.7. The number of nitro groups is 1. The van der Waals surface area contributed by atoms with Crippen LogP contribution < -0.4 is 4.90 Å². The summed E-state index contributed by atoms with van der Waals surface area (Å²) in [5.74, 6) is -2.95. The van der Waals surface area contributed by atoms with E-state index in [1.165, 1.54) is 42.5 Å². The monoisotopic (exact) mass is 472 g/mol. The normalized spacial score (nSPS) is 16.8. The van der Waals surface area contributed by atoms with Crippen molar-refractivity contribution >= 4 is 34.8 Å². The van der Waals surface area contributed by atoms with E-state index in [4.69, 9.17) is 4.74 Å². The van der Waals surface area contributed by atoms with Crippen LogP contribution in [0.15, 0.2) is 84.4 Å². The molecule has 3 aromatic carbocycles. The van der Waals surface area contributed by atoms with Gasteiger partial charge in [0, 0.05) is 17.3 Å². The highest BCUT2D eigenvalue weighted by Crippen LogP contribution is 2.44. The maximum absolute atomic E-state index is 13.2. The Bertz CT molecular complexity index is 1350. The van der Waals surface area contributed by atoms with E-state index in [-0.39, 0.29) is 40.2 Å². The second-order valence-corrected chi connectivity index (χ2v) is 7.62. The zero-order valence-corrected chi connectivity index (χ0v) is 18.6. The average molecular weight is 472 g/mol. The van der Waals surface area contributed by atoms with Crippen LogP contribution in [-0.4, -0.2) is 34.3 Å². The highest BCUT2D eigenvalue weighted by Gasteiger charge is 2.48. The number of nitro benzene ring substituents is 1. The smallest absolute Gasteiger partial charge is 0.338 e. The maximum atomic E-state index is 13.2. The average Bonchev–Trinajstić information content (AvgIpc) is 3.14. The summed E-state index contributed by atoms with van der Waals surface area (Å²) in [5, 5.41) is 22.9. The van der Waals surface area contributed by atoms with Gasteiger partial charge in [-0.05, 0) is 37.3 Å². The van der Waals surface area contributed by atoms with Gasteiger partial charge in [-0.2, -0.15) is 0 Å². The van der Waals surface area contributed by atoms with Crippen molar-refractivity contribution in [3.05, 3.63) is 111 Å². The fraction of sp³-hybridized carbons (Fsp3) is 0.115. The number of esters is 1. The van der Waals surface area contributed by atoms with Gasteiger partial charge >= 0.3 is 5.97 Å². The van der Waals surface area contributed by atoms with Gasteiger partial charge in [0.2, 0.25) is 0 Å². The number of para-hydroxylation sites is 1. The molecular weight excluding hydrogens is 452 g/mol. The lowest BCUT2D eigenvalue weighted by molar-refractivity contribution is -0.385. The van der Waals surface area contributed by atoms with E-state index in [1.807, 2.05) is 0 Å². The molecule has 176 valence electrons. The second kappa shape index (κ2) is 9.60. The van der Waals surface area contributed by atoms with Gasteiger partial charge in [-0.1, -0.05) is 42.5 Å². The van der Waals surface area contributed by atoms with Crippen LogP contribution in [0.25, 0.3) is 5.76 Å². The van der Waals surface area contributed by atoms with Crippen molar-refractivity contribution in [2.75, 3.05) is 11.5 Å². The second-order valence-electron chi connectivity index (χ2n) is 7.62. The number of hydrogen-bond donors (Lipinski definition) is 1. The van der Waals surface area contributed by atoms with Gasteiger partial charge in [0.05, 0.1) is 28.2 Å². The number of nitrogens with zero attached hydrogens (tertiary/aromatic N) is 2. The topological polar surface area (TPSA) is 127 Å². The number of rotatable bonds is 6. The Morgan fingerprint density at radius 1 is 0.971 bits per heavy atom. The van der Waals surface area contributed by atoms with E-state index in [2.05, 4.69) is 0 Å². The molecule has 0 aromatic heterocycles. The first kappa shape index (κ1) is 23.4. The lowest BCUT2D eigenvalue weighted by Gasteiger charge is -2.25. The first-order valence-electron chi connectivity index (χ1n) is 10.7. The molecule has 1 saturated heterocycles. The highest BCUT2D eigenvalue weighted by molar-refractivity contribution is 6.51. The largest absolute Gasteiger partial charge is 0.507 e. The Kier molecular flexibility index (Phi) is 6.41. The molecule has 3 aromatic rings. The molecule has 4 rings (SSSR count). The van der Waals surface area contributed by atoms with Crippen LogP contribution in [0.1, 0.15) is 34.5 Å². The van der Waals surface area contributed by atoms with Gasteiger partial charge in [-0.15, -0.1) is 0 Å². The third-order valence-electron chi connectivity index (χ3n) is 5.58. The van der Waals surface area contributed by atoms with Crippen LogP contribution in [0.4, 0.5) is 11.4 Å². The minimum Gasteiger partial charge on any atom is -0.507 e. The number of aliphatic hydroxyl groups excluding tert-OH is 1. The number of hydrogen-bond acceptors (Lipinski definition) is 7. The third kappa shape index (κ3) is 4.26. The Balaban J connectivity index is 1.92. The van der Waals surface area contributed by atoms with Gasteiger partial charge in [-0.3, -0.25) is 24.6 Å². The molecule has 1 aliphatic heterocycles. The number of Topliss-reactive ketones (excluding diaryl/α,β-unsaturated/α-hetero) is 1. The molecule has 1 atom stereocenters. The number of benzene rings is 3. The molecular formula is C26H20N2O7. The molecule has 0 aliphatic carbocycles. The van der Waals surface area contributed by atoms with Gasteiger partial charge in [0.15, 0.2) is 0 Å². The molecule has 0 saturated carbocycles. The standard InChI is InChI=1S/C26H20N2O7/c1-2-35-26(32)17-12-14-18(15-13-17)27-22(19-10-6-7-11-20(19)28(33)34)21(24(30)25(27)31)23(29)16-8-4-3-5-9-16/h3-15,22,29H,2H2,1H3/t22-/m0/s1. The summed E-state index contributed by atoms with van der Waals surface area (Å²) in [6.07, 6.45) is 0. The Morgan fingerprint density at radius 3 is 2.23 bits per heavy atom. The third-order valence-corrected chi connectivity index (χ3v) is 5.58. The first-order valence-corrected chi connectivity index (χ1v) is 10.7.